The maximum Gasteiger partial charge on any atom is 0.115 e. The van der Waals surface area contributed by atoms with Crippen LogP contribution in [0.2, 0.25) is 0 Å². The Morgan fingerprint density at radius 3 is 3.00 bits per heavy atom. The van der Waals surface area contributed by atoms with Crippen LogP contribution in [0.25, 0.3) is 0 Å². The van der Waals surface area contributed by atoms with Crippen LogP contribution < -0.4 is 5.73 Å². The summed E-state index contributed by atoms with van der Waals surface area (Å²) in [5.74, 6) is 1.02. The van der Waals surface area contributed by atoms with E-state index in [1.165, 1.54) is 11.1 Å². The van der Waals surface area contributed by atoms with Gasteiger partial charge in [0.05, 0.1) is 0 Å². The maximum atomic E-state index is 9.29. The molecule has 0 heterocycles. The summed E-state index contributed by atoms with van der Waals surface area (Å²) < 4.78 is 0. The van der Waals surface area contributed by atoms with Crippen LogP contribution >= 0.6 is 0 Å². The summed E-state index contributed by atoms with van der Waals surface area (Å²) in [5.41, 5.74) is 8.30. The highest BCUT2D eigenvalue weighted by Crippen LogP contribution is 2.27. The molecule has 1 aliphatic rings. The fraction of sp³-hybridized carbons (Fsp3) is 0.455. The molecule has 0 saturated carbocycles. The van der Waals surface area contributed by atoms with Crippen molar-refractivity contribution in [3.8, 4) is 5.75 Å². The minimum atomic E-state index is 0.380. The molecule has 3 N–H and O–H groups in total. The Morgan fingerprint density at radius 1 is 1.38 bits per heavy atom. The molecule has 2 heteroatoms. The molecule has 70 valence electrons. The van der Waals surface area contributed by atoms with Crippen LogP contribution in [0.5, 0.6) is 5.75 Å². The minimum absolute atomic E-state index is 0.380. The van der Waals surface area contributed by atoms with Crippen molar-refractivity contribution in [3.63, 3.8) is 0 Å². The van der Waals surface area contributed by atoms with Crippen LogP contribution in [0.4, 0.5) is 0 Å². The van der Waals surface area contributed by atoms with Crippen molar-refractivity contribution in [2.45, 2.75) is 19.3 Å². The molecule has 1 aromatic rings. The zero-order chi connectivity index (χ0) is 9.26. The van der Waals surface area contributed by atoms with E-state index in [1.54, 1.807) is 6.07 Å². The van der Waals surface area contributed by atoms with E-state index >= 15 is 0 Å². The first-order valence-corrected chi connectivity index (χ1v) is 4.80. The van der Waals surface area contributed by atoms with Gasteiger partial charge in [0.2, 0.25) is 0 Å². The van der Waals surface area contributed by atoms with Gasteiger partial charge in [-0.1, -0.05) is 6.07 Å². The molecule has 0 fully saturated rings. The normalized spacial score (nSPS) is 21.2. The second-order valence-corrected chi connectivity index (χ2v) is 3.80. The second-order valence-electron chi connectivity index (χ2n) is 3.80. The summed E-state index contributed by atoms with van der Waals surface area (Å²) in [6.07, 6.45) is 3.30. The minimum Gasteiger partial charge on any atom is -0.508 e. The van der Waals surface area contributed by atoms with E-state index in [9.17, 15) is 5.11 Å². The Bertz CT molecular complexity index is 309. The maximum absolute atomic E-state index is 9.29. The first kappa shape index (κ1) is 8.57. The number of nitrogens with two attached hydrogens (primary N) is 1. The molecule has 1 aliphatic carbocycles. The number of fused-ring (bicyclic) bond motifs is 1. The Hall–Kier alpha value is -1.02. The van der Waals surface area contributed by atoms with Gasteiger partial charge in [-0.25, -0.2) is 0 Å². The van der Waals surface area contributed by atoms with Crippen molar-refractivity contribution in [2.75, 3.05) is 6.54 Å². The molecule has 0 radical (unpaired) electrons. The predicted octanol–water partition coefficient (Wildman–Crippen LogP) is 1.46. The predicted molar refractivity (Wildman–Crippen MR) is 52.7 cm³/mol. The summed E-state index contributed by atoms with van der Waals surface area (Å²) in [6.45, 7) is 0.778. The lowest BCUT2D eigenvalue weighted by Gasteiger charge is -2.23. The van der Waals surface area contributed by atoms with Crippen molar-refractivity contribution in [1.82, 2.24) is 0 Å². The van der Waals surface area contributed by atoms with E-state index in [0.29, 0.717) is 11.7 Å². The second kappa shape index (κ2) is 3.38. The topological polar surface area (TPSA) is 46.2 Å². The Kier molecular flexibility index (Phi) is 2.23. The summed E-state index contributed by atoms with van der Waals surface area (Å²) in [5, 5.41) is 9.29. The third-order valence-corrected chi connectivity index (χ3v) is 2.85. The molecule has 0 unspecified atom stereocenters. The Balaban J connectivity index is 2.26. The van der Waals surface area contributed by atoms with Gasteiger partial charge < -0.3 is 10.8 Å². The van der Waals surface area contributed by atoms with E-state index in [1.807, 2.05) is 12.1 Å². The summed E-state index contributed by atoms with van der Waals surface area (Å²) in [7, 11) is 0. The third kappa shape index (κ3) is 1.68. The zero-order valence-corrected chi connectivity index (χ0v) is 7.66. The van der Waals surface area contributed by atoms with Crippen molar-refractivity contribution in [2.24, 2.45) is 11.7 Å². The van der Waals surface area contributed by atoms with Gasteiger partial charge in [0, 0.05) is 0 Å². The van der Waals surface area contributed by atoms with E-state index in [4.69, 9.17) is 5.73 Å². The average molecular weight is 177 g/mol. The summed E-state index contributed by atoms with van der Waals surface area (Å²) in [4.78, 5) is 0. The lowest BCUT2D eigenvalue weighted by atomic mass is 9.84. The molecule has 0 spiro atoms. The fourth-order valence-corrected chi connectivity index (χ4v) is 2.02. The smallest absolute Gasteiger partial charge is 0.115 e. The average Bonchev–Trinajstić information content (AvgIpc) is 2.17. The van der Waals surface area contributed by atoms with Crippen LogP contribution in [-0.4, -0.2) is 11.7 Å². The van der Waals surface area contributed by atoms with E-state index in [0.717, 1.165) is 25.8 Å². The zero-order valence-electron chi connectivity index (χ0n) is 7.66. The number of phenols is 1. The molecule has 2 rings (SSSR count). The van der Waals surface area contributed by atoms with Crippen LogP contribution in [0, 0.1) is 5.92 Å². The first-order chi connectivity index (χ1) is 6.29. The van der Waals surface area contributed by atoms with Crippen molar-refractivity contribution in [1.29, 1.82) is 0 Å². The molecular weight excluding hydrogens is 162 g/mol. The molecule has 0 amide bonds. The number of hydrogen-bond donors (Lipinski definition) is 2. The van der Waals surface area contributed by atoms with Crippen LogP contribution in [-0.2, 0) is 12.8 Å². The number of benzene rings is 1. The first-order valence-electron chi connectivity index (χ1n) is 4.80. The van der Waals surface area contributed by atoms with E-state index in [-0.39, 0.29) is 0 Å². The van der Waals surface area contributed by atoms with Crippen molar-refractivity contribution in [3.05, 3.63) is 29.3 Å². The van der Waals surface area contributed by atoms with Gasteiger partial charge in [-0.3, -0.25) is 0 Å². The number of rotatable bonds is 1. The monoisotopic (exact) mass is 177 g/mol. The van der Waals surface area contributed by atoms with Crippen LogP contribution in [0.1, 0.15) is 17.5 Å². The lowest BCUT2D eigenvalue weighted by Crippen LogP contribution is -2.21. The molecule has 2 nitrogen and oxygen atoms in total. The lowest BCUT2D eigenvalue weighted by molar-refractivity contribution is 0.456. The van der Waals surface area contributed by atoms with Crippen molar-refractivity contribution >= 4 is 0 Å². The molecule has 0 saturated heterocycles. The molecule has 13 heavy (non-hydrogen) atoms. The van der Waals surface area contributed by atoms with Crippen molar-refractivity contribution < 1.29 is 5.11 Å². The number of hydrogen-bond acceptors (Lipinski definition) is 2. The summed E-state index contributed by atoms with van der Waals surface area (Å²) >= 11 is 0. The Morgan fingerprint density at radius 2 is 2.23 bits per heavy atom. The highest BCUT2D eigenvalue weighted by atomic mass is 16.3. The van der Waals surface area contributed by atoms with Crippen LogP contribution in [0.15, 0.2) is 18.2 Å². The highest BCUT2D eigenvalue weighted by molar-refractivity contribution is 5.36. The fourth-order valence-electron chi connectivity index (χ4n) is 2.02. The third-order valence-electron chi connectivity index (χ3n) is 2.85. The summed E-state index contributed by atoms with van der Waals surface area (Å²) in [6, 6.07) is 5.66. The van der Waals surface area contributed by atoms with Gasteiger partial charge in [-0.15, -0.1) is 0 Å². The molecule has 0 aliphatic heterocycles. The molecular formula is C11H15NO. The quantitative estimate of drug-likeness (QED) is 0.682. The van der Waals surface area contributed by atoms with Gasteiger partial charge in [-0.05, 0) is 55.0 Å². The molecule has 0 aromatic heterocycles. The number of phenolic OH excluding ortho intramolecular Hbond substituents is 1. The molecule has 1 aromatic carbocycles. The van der Waals surface area contributed by atoms with E-state index in [2.05, 4.69) is 0 Å². The Labute approximate surface area is 78.4 Å². The largest absolute Gasteiger partial charge is 0.508 e. The van der Waals surface area contributed by atoms with Gasteiger partial charge >= 0.3 is 0 Å². The van der Waals surface area contributed by atoms with Gasteiger partial charge in [0.1, 0.15) is 5.75 Å². The van der Waals surface area contributed by atoms with Gasteiger partial charge in [0.15, 0.2) is 0 Å². The number of aromatic hydroxyl groups is 1. The van der Waals surface area contributed by atoms with E-state index < -0.39 is 0 Å². The standard InChI is InChI=1S/C11H15NO/c12-7-8-1-2-10-6-11(13)4-3-9(10)5-8/h3-4,6,8,13H,1-2,5,7,12H2/t8-/m0/s1. The molecule has 0 bridgehead atoms. The van der Waals surface area contributed by atoms with Gasteiger partial charge in [0.25, 0.3) is 0 Å². The SMILES string of the molecule is NC[C@H]1CCc2cc(O)ccc2C1. The molecule has 1 atom stereocenters. The van der Waals surface area contributed by atoms with Crippen LogP contribution in [0.3, 0.4) is 0 Å². The number of aryl methyl sites for hydroxylation is 1. The highest BCUT2D eigenvalue weighted by Gasteiger charge is 2.17. The van der Waals surface area contributed by atoms with Gasteiger partial charge in [-0.2, -0.15) is 0 Å².